The third-order valence-corrected chi connectivity index (χ3v) is 5.45. The van der Waals surface area contributed by atoms with Gasteiger partial charge in [-0.05, 0) is 37.1 Å². The van der Waals surface area contributed by atoms with Crippen LogP contribution in [0.5, 0.6) is 23.0 Å². The van der Waals surface area contributed by atoms with E-state index in [4.69, 9.17) is 14.2 Å². The zero-order valence-corrected chi connectivity index (χ0v) is 20.3. The van der Waals surface area contributed by atoms with E-state index in [1.165, 1.54) is 12.1 Å². The first-order chi connectivity index (χ1) is 17.0. The number of nitrogens with one attached hydrogen (secondary N) is 2. The number of thiol groups is 1. The van der Waals surface area contributed by atoms with Crippen LogP contribution in [0.2, 0.25) is 0 Å². The number of carbonyl (C=O) groups excluding carboxylic acids is 2. The Kier molecular flexibility index (Phi) is 9.97. The Morgan fingerprint density at radius 1 is 1.06 bits per heavy atom. The molecule has 2 N–H and O–H groups in total. The maximum atomic E-state index is 14.4. The van der Waals surface area contributed by atoms with Gasteiger partial charge in [-0.1, -0.05) is 12.8 Å². The van der Waals surface area contributed by atoms with Crippen LogP contribution in [0.25, 0.3) is 10.9 Å². The van der Waals surface area contributed by atoms with E-state index in [0.29, 0.717) is 53.4 Å². The molecule has 0 atom stereocenters. The molecule has 0 unspecified atom stereocenters. The monoisotopic (exact) mass is 501 g/mol. The minimum Gasteiger partial charge on any atom is -0.493 e. The molecule has 0 aliphatic rings. The van der Waals surface area contributed by atoms with Gasteiger partial charge in [0.05, 0.1) is 25.0 Å². The normalized spacial score (nSPS) is 10.6. The van der Waals surface area contributed by atoms with Crippen molar-refractivity contribution in [2.75, 3.05) is 31.3 Å². The fourth-order valence-electron chi connectivity index (χ4n) is 3.40. The van der Waals surface area contributed by atoms with Gasteiger partial charge in [0.25, 0.3) is 0 Å². The molecule has 2 amide bonds. The number of carbonyl (C=O) groups is 2. The standard InChI is InChI=1S/C25H28FN3O5S/c1-32-23-13-18-20(14-24(23)33-11-5-3-2-4-9-28-25(31)15-35)27-10-8-21(18)34-22-7-6-17(29-16-30)12-19(22)26/h6-8,10,12-14,16,35H,2-5,9,11,15H2,1H3,(H,28,31)(H,29,30). The van der Waals surface area contributed by atoms with E-state index in [0.717, 1.165) is 25.7 Å². The number of halogens is 1. The summed E-state index contributed by atoms with van der Waals surface area (Å²) in [6.07, 6.45) is 5.76. The summed E-state index contributed by atoms with van der Waals surface area (Å²) >= 11 is 3.92. The molecular formula is C25H28FN3O5S. The lowest BCUT2D eigenvalue weighted by Gasteiger charge is -2.14. The summed E-state index contributed by atoms with van der Waals surface area (Å²) in [6, 6.07) is 9.31. The molecule has 0 saturated heterocycles. The maximum absolute atomic E-state index is 14.4. The van der Waals surface area contributed by atoms with Crippen LogP contribution in [0.1, 0.15) is 25.7 Å². The third-order valence-electron chi connectivity index (χ3n) is 5.16. The second-order valence-electron chi connectivity index (χ2n) is 7.61. The van der Waals surface area contributed by atoms with E-state index in [1.807, 2.05) is 0 Å². The van der Waals surface area contributed by atoms with Gasteiger partial charge in [-0.2, -0.15) is 12.6 Å². The highest BCUT2D eigenvalue weighted by atomic mass is 32.1. The van der Waals surface area contributed by atoms with Crippen molar-refractivity contribution in [2.24, 2.45) is 0 Å². The number of methoxy groups -OCH3 is 1. The lowest BCUT2D eigenvalue weighted by molar-refractivity contribution is -0.118. The molecule has 3 rings (SSSR count). The zero-order chi connectivity index (χ0) is 25.0. The first-order valence-corrected chi connectivity index (χ1v) is 11.8. The summed E-state index contributed by atoms with van der Waals surface area (Å²) < 4.78 is 31.7. The molecular weight excluding hydrogens is 473 g/mol. The van der Waals surface area contributed by atoms with Crippen LogP contribution in [0.4, 0.5) is 10.1 Å². The van der Waals surface area contributed by atoms with Crippen LogP contribution < -0.4 is 24.8 Å². The quantitative estimate of drug-likeness (QED) is 0.168. The van der Waals surface area contributed by atoms with Crippen molar-refractivity contribution < 1.29 is 28.2 Å². The molecule has 35 heavy (non-hydrogen) atoms. The Bertz CT molecular complexity index is 1160. The van der Waals surface area contributed by atoms with Gasteiger partial charge in [-0.15, -0.1) is 0 Å². The van der Waals surface area contributed by atoms with Gasteiger partial charge in [0.1, 0.15) is 5.75 Å². The average molecular weight is 502 g/mol. The summed E-state index contributed by atoms with van der Waals surface area (Å²) in [5.41, 5.74) is 0.936. The lowest BCUT2D eigenvalue weighted by atomic mass is 10.1. The number of nitrogens with zero attached hydrogens (tertiary/aromatic N) is 1. The van der Waals surface area contributed by atoms with E-state index in [9.17, 15) is 14.0 Å². The summed E-state index contributed by atoms with van der Waals surface area (Å²) in [7, 11) is 1.54. The Balaban J connectivity index is 1.63. The second kappa shape index (κ2) is 13.4. The molecule has 0 bridgehead atoms. The van der Waals surface area contributed by atoms with Gasteiger partial charge >= 0.3 is 0 Å². The topological polar surface area (TPSA) is 98.8 Å². The Morgan fingerprint density at radius 3 is 2.63 bits per heavy atom. The number of amides is 2. The number of unbranched alkanes of at least 4 members (excludes halogenated alkanes) is 3. The number of aromatic nitrogens is 1. The number of rotatable bonds is 14. The van der Waals surface area contributed by atoms with Crippen molar-refractivity contribution in [1.29, 1.82) is 0 Å². The molecule has 0 spiro atoms. The second-order valence-corrected chi connectivity index (χ2v) is 7.93. The van der Waals surface area contributed by atoms with Crippen LogP contribution in [0.15, 0.2) is 42.6 Å². The molecule has 2 aromatic carbocycles. The Hall–Kier alpha value is -3.53. The molecule has 0 aliphatic carbocycles. The van der Waals surface area contributed by atoms with E-state index in [-0.39, 0.29) is 17.4 Å². The highest BCUT2D eigenvalue weighted by molar-refractivity contribution is 7.81. The number of fused-ring (bicyclic) bond motifs is 1. The third kappa shape index (κ3) is 7.48. The van der Waals surface area contributed by atoms with Crippen molar-refractivity contribution in [3.63, 3.8) is 0 Å². The van der Waals surface area contributed by atoms with Gasteiger partial charge in [0.2, 0.25) is 12.3 Å². The zero-order valence-electron chi connectivity index (χ0n) is 19.4. The van der Waals surface area contributed by atoms with E-state index >= 15 is 0 Å². The molecule has 1 heterocycles. The summed E-state index contributed by atoms with van der Waals surface area (Å²) in [5.74, 6) is 1.01. The van der Waals surface area contributed by atoms with Crippen molar-refractivity contribution in [1.82, 2.24) is 10.3 Å². The highest BCUT2D eigenvalue weighted by Crippen LogP contribution is 2.37. The molecule has 0 aliphatic heterocycles. The van der Waals surface area contributed by atoms with Gasteiger partial charge < -0.3 is 24.8 Å². The van der Waals surface area contributed by atoms with Crippen LogP contribution in [0, 0.1) is 5.82 Å². The summed E-state index contributed by atoms with van der Waals surface area (Å²) in [4.78, 5) is 26.1. The van der Waals surface area contributed by atoms with Crippen molar-refractivity contribution in [3.05, 3.63) is 48.4 Å². The molecule has 0 saturated carbocycles. The summed E-state index contributed by atoms with van der Waals surface area (Å²) in [6.45, 7) is 1.16. The van der Waals surface area contributed by atoms with Crippen LogP contribution in [0.3, 0.4) is 0 Å². The van der Waals surface area contributed by atoms with E-state index < -0.39 is 5.82 Å². The Labute approximate surface area is 208 Å². The number of benzene rings is 2. The van der Waals surface area contributed by atoms with Crippen molar-refractivity contribution in [2.45, 2.75) is 25.7 Å². The van der Waals surface area contributed by atoms with Gasteiger partial charge in [-0.3, -0.25) is 14.6 Å². The minimum atomic E-state index is -0.613. The number of ether oxygens (including phenoxy) is 3. The number of anilines is 1. The number of pyridine rings is 1. The molecule has 0 fully saturated rings. The molecule has 10 heteroatoms. The van der Waals surface area contributed by atoms with Crippen LogP contribution in [-0.4, -0.2) is 43.3 Å². The summed E-state index contributed by atoms with van der Waals surface area (Å²) in [5, 5.41) is 5.82. The maximum Gasteiger partial charge on any atom is 0.229 e. The van der Waals surface area contributed by atoms with Crippen molar-refractivity contribution in [3.8, 4) is 23.0 Å². The molecule has 3 aromatic rings. The van der Waals surface area contributed by atoms with E-state index in [2.05, 4.69) is 28.2 Å². The molecule has 8 nitrogen and oxygen atoms in total. The fraction of sp³-hybridized carbons (Fsp3) is 0.320. The minimum absolute atomic E-state index is 0.0124. The number of hydrogen-bond acceptors (Lipinski definition) is 7. The van der Waals surface area contributed by atoms with Gasteiger partial charge in [0, 0.05) is 35.9 Å². The fourth-order valence-corrected chi connectivity index (χ4v) is 3.51. The smallest absolute Gasteiger partial charge is 0.229 e. The van der Waals surface area contributed by atoms with Gasteiger partial charge in [-0.25, -0.2) is 4.39 Å². The Morgan fingerprint density at radius 2 is 1.89 bits per heavy atom. The lowest BCUT2D eigenvalue weighted by Crippen LogP contribution is -2.25. The SMILES string of the molecule is COc1cc2c(Oc3ccc(NC=O)cc3F)ccnc2cc1OCCCCCCNC(=O)CS. The molecule has 186 valence electrons. The average Bonchev–Trinajstić information content (AvgIpc) is 2.86. The van der Waals surface area contributed by atoms with Crippen LogP contribution in [-0.2, 0) is 9.59 Å². The largest absolute Gasteiger partial charge is 0.493 e. The first-order valence-electron chi connectivity index (χ1n) is 11.2. The number of hydrogen-bond donors (Lipinski definition) is 3. The van der Waals surface area contributed by atoms with Crippen molar-refractivity contribution >= 4 is 41.5 Å². The molecule has 0 radical (unpaired) electrons. The predicted octanol–water partition coefficient (Wildman–Crippen LogP) is 4.73. The predicted molar refractivity (Wildman–Crippen MR) is 135 cm³/mol. The van der Waals surface area contributed by atoms with E-state index in [1.54, 1.807) is 37.6 Å². The van der Waals surface area contributed by atoms with Crippen LogP contribution >= 0.6 is 12.6 Å². The first kappa shape index (κ1) is 26.1. The van der Waals surface area contributed by atoms with Gasteiger partial charge in [0.15, 0.2) is 23.1 Å². The highest BCUT2D eigenvalue weighted by Gasteiger charge is 2.14. The molecule has 1 aromatic heterocycles.